The minimum absolute atomic E-state index is 0.0556. The van der Waals surface area contributed by atoms with Crippen molar-refractivity contribution in [3.05, 3.63) is 0 Å². The van der Waals surface area contributed by atoms with E-state index >= 15 is 0 Å². The molecule has 2 saturated heterocycles. The summed E-state index contributed by atoms with van der Waals surface area (Å²) in [6.45, 7) is 4.26. The maximum Gasteiger partial charge on any atom is 0.223 e. The third-order valence-corrected chi connectivity index (χ3v) is 5.43. The van der Waals surface area contributed by atoms with E-state index in [0.717, 1.165) is 31.1 Å². The summed E-state index contributed by atoms with van der Waals surface area (Å²) in [5, 5.41) is 5.03. The minimum Gasteiger partial charge on any atom is -0.341 e. The van der Waals surface area contributed by atoms with Gasteiger partial charge in [-0.3, -0.25) is 9.69 Å². The Morgan fingerprint density at radius 2 is 1.95 bits per heavy atom. The van der Waals surface area contributed by atoms with Crippen LogP contribution in [0, 0.1) is 5.92 Å². The highest BCUT2D eigenvalue weighted by molar-refractivity contribution is 7.99. The number of thioether (sulfide) groups is 1. The van der Waals surface area contributed by atoms with Gasteiger partial charge in [-0.25, -0.2) is 13.6 Å². The number of amides is 1. The van der Waals surface area contributed by atoms with Crippen LogP contribution in [0.1, 0.15) is 6.42 Å². The van der Waals surface area contributed by atoms with Gasteiger partial charge in [-0.1, -0.05) is 0 Å². The number of carbonyl (C=O) groups is 1. The normalized spacial score (nSPS) is 26.1. The van der Waals surface area contributed by atoms with E-state index in [2.05, 4.69) is 4.90 Å². The van der Waals surface area contributed by atoms with E-state index in [1.807, 2.05) is 11.8 Å². The minimum atomic E-state index is -3.48. The summed E-state index contributed by atoms with van der Waals surface area (Å²) < 4.78 is 22.1. The Bertz CT molecular complexity index is 421. The molecule has 0 spiro atoms. The number of hydrogen-bond donors (Lipinski definition) is 1. The number of nitrogens with two attached hydrogens (primary N) is 1. The van der Waals surface area contributed by atoms with Crippen LogP contribution in [0.15, 0.2) is 0 Å². The largest absolute Gasteiger partial charge is 0.341 e. The number of primary sulfonamides is 1. The summed E-state index contributed by atoms with van der Waals surface area (Å²) in [6, 6.07) is 0. The van der Waals surface area contributed by atoms with E-state index < -0.39 is 10.0 Å². The molecule has 0 aromatic carbocycles. The van der Waals surface area contributed by atoms with Gasteiger partial charge in [0.2, 0.25) is 15.9 Å². The van der Waals surface area contributed by atoms with Gasteiger partial charge in [0, 0.05) is 56.6 Å². The smallest absolute Gasteiger partial charge is 0.223 e. The van der Waals surface area contributed by atoms with Crippen LogP contribution in [0.4, 0.5) is 0 Å². The van der Waals surface area contributed by atoms with Crippen molar-refractivity contribution < 1.29 is 13.2 Å². The molecule has 1 atom stereocenters. The zero-order valence-electron chi connectivity index (χ0n) is 11.0. The predicted octanol–water partition coefficient (Wildman–Crippen LogP) is -0.828. The Morgan fingerprint density at radius 3 is 2.58 bits per heavy atom. The molecule has 1 amide bonds. The molecule has 2 heterocycles. The Morgan fingerprint density at radius 1 is 1.26 bits per heavy atom. The number of nitrogens with zero attached hydrogens (tertiary/aromatic N) is 2. The molecule has 110 valence electrons. The molecular formula is C11H21N3O3S2. The third-order valence-electron chi connectivity index (χ3n) is 3.55. The van der Waals surface area contributed by atoms with Gasteiger partial charge in [-0.2, -0.15) is 11.8 Å². The average molecular weight is 307 g/mol. The highest BCUT2D eigenvalue weighted by atomic mass is 32.2. The summed E-state index contributed by atoms with van der Waals surface area (Å²) in [5.74, 6) is 2.14. The van der Waals surface area contributed by atoms with Crippen molar-refractivity contribution in [2.24, 2.45) is 11.1 Å². The van der Waals surface area contributed by atoms with E-state index in [9.17, 15) is 13.2 Å². The molecule has 2 N–H and O–H groups in total. The van der Waals surface area contributed by atoms with Crippen molar-refractivity contribution in [2.75, 3.05) is 50.0 Å². The fourth-order valence-electron chi connectivity index (χ4n) is 2.60. The van der Waals surface area contributed by atoms with E-state index in [4.69, 9.17) is 5.14 Å². The molecule has 0 aromatic heterocycles. The summed E-state index contributed by atoms with van der Waals surface area (Å²) in [4.78, 5) is 15.9. The summed E-state index contributed by atoms with van der Waals surface area (Å²) in [7, 11) is -3.48. The first-order chi connectivity index (χ1) is 8.94. The van der Waals surface area contributed by atoms with E-state index in [1.165, 1.54) is 0 Å². The summed E-state index contributed by atoms with van der Waals surface area (Å²) in [5.41, 5.74) is 0. The molecule has 0 aliphatic carbocycles. The molecule has 2 fully saturated rings. The van der Waals surface area contributed by atoms with Crippen molar-refractivity contribution in [1.29, 1.82) is 0 Å². The maximum atomic E-state index is 11.8. The average Bonchev–Trinajstić information content (AvgIpc) is 2.66. The van der Waals surface area contributed by atoms with Gasteiger partial charge in [0.15, 0.2) is 0 Å². The molecule has 2 aliphatic rings. The number of hydrogen-bond acceptors (Lipinski definition) is 5. The fraction of sp³-hybridized carbons (Fsp3) is 0.909. The van der Waals surface area contributed by atoms with Crippen molar-refractivity contribution >= 4 is 27.7 Å². The van der Waals surface area contributed by atoms with Crippen molar-refractivity contribution in [3.8, 4) is 0 Å². The van der Waals surface area contributed by atoms with Gasteiger partial charge < -0.3 is 4.90 Å². The SMILES string of the molecule is NS(=O)(=O)CC1CC(=O)N(CCN2CCSCC2)C1. The second kappa shape index (κ2) is 6.43. The van der Waals surface area contributed by atoms with Crippen LogP contribution in [0.3, 0.4) is 0 Å². The summed E-state index contributed by atoms with van der Waals surface area (Å²) >= 11 is 1.96. The van der Waals surface area contributed by atoms with E-state index in [1.54, 1.807) is 4.90 Å². The topological polar surface area (TPSA) is 83.7 Å². The van der Waals surface area contributed by atoms with Crippen LogP contribution in [0.2, 0.25) is 0 Å². The van der Waals surface area contributed by atoms with E-state index in [-0.39, 0.29) is 17.6 Å². The fourth-order valence-corrected chi connectivity index (χ4v) is 4.46. The zero-order chi connectivity index (χ0) is 13.9. The van der Waals surface area contributed by atoms with Crippen molar-refractivity contribution in [2.45, 2.75) is 6.42 Å². The van der Waals surface area contributed by atoms with Gasteiger partial charge in [0.25, 0.3) is 0 Å². The lowest BCUT2D eigenvalue weighted by molar-refractivity contribution is -0.127. The molecule has 2 rings (SSSR count). The molecular weight excluding hydrogens is 286 g/mol. The second-order valence-corrected chi connectivity index (χ2v) is 8.08. The van der Waals surface area contributed by atoms with Crippen LogP contribution in [-0.4, -0.2) is 74.1 Å². The number of sulfonamides is 1. The first-order valence-electron chi connectivity index (χ1n) is 6.52. The molecule has 0 aromatic rings. The quantitative estimate of drug-likeness (QED) is 0.717. The highest BCUT2D eigenvalue weighted by Crippen LogP contribution is 2.19. The Labute approximate surface area is 118 Å². The summed E-state index contributed by atoms with van der Waals surface area (Å²) in [6.07, 6.45) is 0.312. The molecule has 0 bridgehead atoms. The van der Waals surface area contributed by atoms with Crippen molar-refractivity contribution in [3.63, 3.8) is 0 Å². The maximum absolute atomic E-state index is 11.8. The van der Waals surface area contributed by atoms with Crippen LogP contribution in [-0.2, 0) is 14.8 Å². The second-order valence-electron chi connectivity index (χ2n) is 5.19. The molecule has 2 aliphatic heterocycles. The van der Waals surface area contributed by atoms with Crippen molar-refractivity contribution in [1.82, 2.24) is 9.80 Å². The third kappa shape index (κ3) is 4.94. The van der Waals surface area contributed by atoms with Crippen LogP contribution < -0.4 is 5.14 Å². The molecule has 6 nitrogen and oxygen atoms in total. The first kappa shape index (κ1) is 15.1. The highest BCUT2D eigenvalue weighted by Gasteiger charge is 2.31. The molecule has 0 radical (unpaired) electrons. The lowest BCUT2D eigenvalue weighted by Crippen LogP contribution is -2.40. The van der Waals surface area contributed by atoms with Gasteiger partial charge in [0.1, 0.15) is 0 Å². The predicted molar refractivity (Wildman–Crippen MR) is 76.4 cm³/mol. The standard InChI is InChI=1S/C11H21N3O3S2/c12-19(16,17)9-10-7-11(15)14(8-10)2-1-13-3-5-18-6-4-13/h10H,1-9H2,(H2,12,16,17). The van der Waals surface area contributed by atoms with Gasteiger partial charge in [-0.05, 0) is 0 Å². The van der Waals surface area contributed by atoms with Gasteiger partial charge in [-0.15, -0.1) is 0 Å². The number of likely N-dealkylation sites (tertiary alicyclic amines) is 1. The number of rotatable bonds is 5. The first-order valence-corrected chi connectivity index (χ1v) is 9.39. The molecule has 0 saturated carbocycles. The Hall–Kier alpha value is -0.310. The van der Waals surface area contributed by atoms with Gasteiger partial charge in [0.05, 0.1) is 5.75 Å². The van der Waals surface area contributed by atoms with Gasteiger partial charge >= 0.3 is 0 Å². The number of carbonyl (C=O) groups excluding carboxylic acids is 1. The van der Waals surface area contributed by atoms with E-state index in [0.29, 0.717) is 19.5 Å². The lowest BCUT2D eigenvalue weighted by atomic mass is 10.1. The Balaban J connectivity index is 1.76. The Kier molecular flexibility index (Phi) is 5.10. The lowest BCUT2D eigenvalue weighted by Gasteiger charge is -2.28. The van der Waals surface area contributed by atoms with Crippen LogP contribution >= 0.6 is 11.8 Å². The van der Waals surface area contributed by atoms with Crippen LogP contribution in [0.25, 0.3) is 0 Å². The zero-order valence-corrected chi connectivity index (χ0v) is 12.6. The molecule has 1 unspecified atom stereocenters. The molecule has 8 heteroatoms. The molecule has 19 heavy (non-hydrogen) atoms. The monoisotopic (exact) mass is 307 g/mol. The van der Waals surface area contributed by atoms with Crippen LogP contribution in [0.5, 0.6) is 0 Å².